The Balaban J connectivity index is 2.22. The van der Waals surface area contributed by atoms with Gasteiger partial charge in [-0.25, -0.2) is 4.39 Å². The number of rotatable bonds is 1. The van der Waals surface area contributed by atoms with E-state index in [1.165, 1.54) is 12.1 Å². The second-order valence-electron chi connectivity index (χ2n) is 3.58. The van der Waals surface area contributed by atoms with E-state index in [0.717, 1.165) is 22.1 Å². The van der Waals surface area contributed by atoms with Crippen molar-refractivity contribution < 1.29 is 8.81 Å². The lowest BCUT2D eigenvalue weighted by Gasteiger charge is -1.97. The van der Waals surface area contributed by atoms with Gasteiger partial charge in [-0.15, -0.1) is 0 Å². The molecule has 0 unspecified atom stereocenters. The van der Waals surface area contributed by atoms with Crippen molar-refractivity contribution >= 4 is 11.0 Å². The molecule has 0 bridgehead atoms. The molecule has 0 amide bonds. The molecule has 1 heterocycles. The van der Waals surface area contributed by atoms with E-state index in [4.69, 9.17) is 4.42 Å². The monoisotopic (exact) mass is 211 g/mol. The summed E-state index contributed by atoms with van der Waals surface area (Å²) in [6.45, 7) is 0. The van der Waals surface area contributed by atoms with Crippen LogP contribution < -0.4 is 0 Å². The molecule has 0 N–H and O–H groups in total. The highest BCUT2D eigenvalue weighted by atomic mass is 19.1. The van der Waals surface area contributed by atoms with Crippen molar-refractivity contribution in [2.75, 3.05) is 0 Å². The third-order valence-electron chi connectivity index (χ3n) is 2.55. The molecule has 0 aliphatic heterocycles. The Bertz CT molecular complexity index is 623. The molecule has 1 aromatic heterocycles. The number of furan rings is 1. The molecule has 2 heteroatoms. The fraction of sp³-hybridized carbons (Fsp3) is 0. The third-order valence-corrected chi connectivity index (χ3v) is 2.55. The van der Waals surface area contributed by atoms with Crippen LogP contribution in [0.2, 0.25) is 0 Å². The van der Waals surface area contributed by atoms with Crippen LogP contribution in [-0.4, -0.2) is 0 Å². The predicted octanol–water partition coefficient (Wildman–Crippen LogP) is 4.04. The first-order chi connectivity index (χ1) is 7.84. The maximum atomic E-state index is 12.8. The SMILES string of the molecule is Fc1ccc(-c2[c]oc3ccccc23)cc1. The summed E-state index contributed by atoms with van der Waals surface area (Å²) in [6.07, 6.45) is 2.85. The molecule has 0 fully saturated rings. The lowest BCUT2D eigenvalue weighted by molar-refractivity contribution is 0.607. The fourth-order valence-corrected chi connectivity index (χ4v) is 1.75. The average molecular weight is 211 g/mol. The summed E-state index contributed by atoms with van der Waals surface area (Å²) in [6, 6.07) is 14.0. The summed E-state index contributed by atoms with van der Waals surface area (Å²) >= 11 is 0. The van der Waals surface area contributed by atoms with Crippen molar-refractivity contribution in [3.8, 4) is 11.1 Å². The van der Waals surface area contributed by atoms with Crippen molar-refractivity contribution in [1.82, 2.24) is 0 Å². The molecule has 0 atom stereocenters. The van der Waals surface area contributed by atoms with E-state index >= 15 is 0 Å². The number of para-hydroxylation sites is 1. The molecule has 77 valence electrons. The first-order valence-corrected chi connectivity index (χ1v) is 5.00. The minimum absolute atomic E-state index is 0.239. The zero-order valence-corrected chi connectivity index (χ0v) is 8.41. The maximum Gasteiger partial charge on any atom is 0.179 e. The van der Waals surface area contributed by atoms with E-state index in [0.29, 0.717) is 0 Å². The Morgan fingerprint density at radius 3 is 2.50 bits per heavy atom. The van der Waals surface area contributed by atoms with E-state index in [1.54, 1.807) is 12.1 Å². The fourth-order valence-electron chi connectivity index (χ4n) is 1.75. The normalized spacial score (nSPS) is 10.8. The van der Waals surface area contributed by atoms with Gasteiger partial charge in [0.25, 0.3) is 0 Å². The van der Waals surface area contributed by atoms with E-state index in [-0.39, 0.29) is 5.82 Å². The third kappa shape index (κ3) is 1.39. The van der Waals surface area contributed by atoms with Gasteiger partial charge >= 0.3 is 0 Å². The highest BCUT2D eigenvalue weighted by Crippen LogP contribution is 2.29. The first kappa shape index (κ1) is 9.16. The summed E-state index contributed by atoms with van der Waals surface area (Å²) in [5, 5.41) is 0.995. The summed E-state index contributed by atoms with van der Waals surface area (Å²) < 4.78 is 18.1. The van der Waals surface area contributed by atoms with E-state index in [1.807, 2.05) is 24.3 Å². The summed E-state index contributed by atoms with van der Waals surface area (Å²) in [4.78, 5) is 0. The lowest BCUT2D eigenvalue weighted by Crippen LogP contribution is -1.77. The van der Waals surface area contributed by atoms with Crippen LogP contribution in [0.4, 0.5) is 4.39 Å². The van der Waals surface area contributed by atoms with Gasteiger partial charge in [0.2, 0.25) is 0 Å². The Morgan fingerprint density at radius 2 is 1.69 bits per heavy atom. The number of hydrogen-bond donors (Lipinski definition) is 0. The molecule has 0 spiro atoms. The van der Waals surface area contributed by atoms with Crippen LogP contribution in [-0.2, 0) is 0 Å². The van der Waals surface area contributed by atoms with Crippen molar-refractivity contribution in [3.63, 3.8) is 0 Å². The molecule has 16 heavy (non-hydrogen) atoms. The van der Waals surface area contributed by atoms with E-state index < -0.39 is 0 Å². The van der Waals surface area contributed by atoms with E-state index in [2.05, 4.69) is 6.26 Å². The predicted molar refractivity (Wildman–Crippen MR) is 60.4 cm³/mol. The van der Waals surface area contributed by atoms with Crippen LogP contribution in [0.3, 0.4) is 0 Å². The topological polar surface area (TPSA) is 13.1 Å². The van der Waals surface area contributed by atoms with Gasteiger partial charge in [0.15, 0.2) is 6.26 Å². The largest absolute Gasteiger partial charge is 0.452 e. The van der Waals surface area contributed by atoms with Gasteiger partial charge in [0, 0.05) is 10.9 Å². The number of benzene rings is 2. The van der Waals surface area contributed by atoms with Crippen LogP contribution in [0.15, 0.2) is 52.9 Å². The van der Waals surface area contributed by atoms with E-state index in [9.17, 15) is 4.39 Å². The zero-order valence-electron chi connectivity index (χ0n) is 8.41. The van der Waals surface area contributed by atoms with Crippen molar-refractivity contribution in [3.05, 3.63) is 60.6 Å². The molecule has 2 aromatic carbocycles. The van der Waals surface area contributed by atoms with Crippen LogP contribution in [0, 0.1) is 12.1 Å². The minimum atomic E-state index is -0.239. The molecule has 1 nitrogen and oxygen atoms in total. The summed E-state index contributed by atoms with van der Waals surface area (Å²) in [5.41, 5.74) is 2.57. The molecular weight excluding hydrogens is 203 g/mol. The van der Waals surface area contributed by atoms with Crippen LogP contribution in [0.25, 0.3) is 22.1 Å². The van der Waals surface area contributed by atoms with Crippen LogP contribution in [0.5, 0.6) is 0 Å². The highest BCUT2D eigenvalue weighted by Gasteiger charge is 2.07. The van der Waals surface area contributed by atoms with Gasteiger partial charge in [0.05, 0.1) is 0 Å². The van der Waals surface area contributed by atoms with Gasteiger partial charge in [-0.3, -0.25) is 0 Å². The molecule has 1 radical (unpaired) electrons. The van der Waals surface area contributed by atoms with Gasteiger partial charge in [-0.05, 0) is 23.8 Å². The number of halogens is 1. The minimum Gasteiger partial charge on any atom is -0.452 e. The molecule has 3 aromatic rings. The van der Waals surface area contributed by atoms with Gasteiger partial charge in [-0.1, -0.05) is 30.3 Å². The quantitative estimate of drug-likeness (QED) is 0.592. The second-order valence-corrected chi connectivity index (χ2v) is 3.58. The molecule has 0 aliphatic rings. The Kier molecular flexibility index (Phi) is 2.00. The molecule has 0 aliphatic carbocycles. The zero-order chi connectivity index (χ0) is 11.0. The Morgan fingerprint density at radius 1 is 0.938 bits per heavy atom. The first-order valence-electron chi connectivity index (χ1n) is 5.00. The smallest absolute Gasteiger partial charge is 0.179 e. The van der Waals surface area contributed by atoms with Crippen LogP contribution in [0.1, 0.15) is 0 Å². The lowest BCUT2D eigenvalue weighted by atomic mass is 10.1. The van der Waals surface area contributed by atoms with Crippen molar-refractivity contribution in [2.45, 2.75) is 0 Å². The Labute approximate surface area is 92.1 Å². The summed E-state index contributed by atoms with van der Waals surface area (Å²) in [5.74, 6) is -0.239. The average Bonchev–Trinajstić information content (AvgIpc) is 2.74. The standard InChI is InChI=1S/C14H8FO/c15-11-7-5-10(6-8-11)13-9-16-14-4-2-1-3-12(13)14/h1-8H. The van der Waals surface area contributed by atoms with Crippen LogP contribution >= 0.6 is 0 Å². The van der Waals surface area contributed by atoms with Gasteiger partial charge < -0.3 is 4.42 Å². The summed E-state index contributed by atoms with van der Waals surface area (Å²) in [7, 11) is 0. The molecule has 3 rings (SSSR count). The number of fused-ring (bicyclic) bond motifs is 1. The molecular formula is C14H8FO. The van der Waals surface area contributed by atoms with Crippen molar-refractivity contribution in [1.29, 1.82) is 0 Å². The van der Waals surface area contributed by atoms with Gasteiger partial charge in [-0.2, -0.15) is 0 Å². The molecule has 0 saturated carbocycles. The maximum absolute atomic E-state index is 12.8. The molecule has 0 saturated heterocycles. The Hall–Kier alpha value is -2.09. The number of hydrogen-bond acceptors (Lipinski definition) is 1. The second kappa shape index (κ2) is 3.49. The van der Waals surface area contributed by atoms with Crippen molar-refractivity contribution in [2.24, 2.45) is 0 Å². The highest BCUT2D eigenvalue weighted by molar-refractivity contribution is 5.93. The van der Waals surface area contributed by atoms with Gasteiger partial charge in [0.1, 0.15) is 11.4 Å².